The fraction of sp³-hybridized carbons (Fsp3) is 0.647. The van der Waals surface area contributed by atoms with Crippen LogP contribution in [0.5, 0.6) is 0 Å². The second kappa shape index (κ2) is 4.78. The van der Waals surface area contributed by atoms with E-state index >= 15 is 0 Å². The molecular weight excluding hydrogens is 288 g/mol. The number of benzene rings is 1. The van der Waals surface area contributed by atoms with E-state index in [0.717, 1.165) is 0 Å². The van der Waals surface area contributed by atoms with Crippen LogP contribution in [-0.2, 0) is 0 Å². The molecule has 0 aliphatic carbocycles. The van der Waals surface area contributed by atoms with Gasteiger partial charge in [-0.25, -0.2) is 0 Å². The van der Waals surface area contributed by atoms with Crippen molar-refractivity contribution in [2.24, 2.45) is 0 Å². The molecule has 118 valence electrons. The molecule has 4 heteroatoms. The minimum Gasteiger partial charge on any atom is -0.314 e. The predicted octanol–water partition coefficient (Wildman–Crippen LogP) is 3.88. The van der Waals surface area contributed by atoms with Crippen LogP contribution in [0.1, 0.15) is 41.5 Å². The summed E-state index contributed by atoms with van der Waals surface area (Å²) >= 11 is 0. The summed E-state index contributed by atoms with van der Waals surface area (Å²) in [4.78, 5) is 0. The molecule has 21 heavy (non-hydrogen) atoms. The van der Waals surface area contributed by atoms with Gasteiger partial charge >= 0.3 is 0 Å². The molecule has 2 nitrogen and oxygen atoms in total. The van der Waals surface area contributed by atoms with E-state index in [1.165, 1.54) is 0 Å². The van der Waals surface area contributed by atoms with Crippen molar-refractivity contribution in [2.45, 2.75) is 72.3 Å². The van der Waals surface area contributed by atoms with Crippen LogP contribution >= 0.6 is 0 Å². The van der Waals surface area contributed by atoms with Gasteiger partial charge in [-0.05, 0) is 66.4 Å². The summed E-state index contributed by atoms with van der Waals surface area (Å²) in [5.74, 6) is 0. The Labute approximate surface area is 133 Å². The van der Waals surface area contributed by atoms with Crippen molar-refractivity contribution < 1.29 is 0 Å². The molecule has 1 aliphatic rings. The van der Waals surface area contributed by atoms with E-state index in [1.54, 1.807) is 5.19 Å². The molecule has 1 fully saturated rings. The Bertz CT molecular complexity index is 488. The summed E-state index contributed by atoms with van der Waals surface area (Å²) in [5, 5.41) is 1.54. The van der Waals surface area contributed by atoms with E-state index in [9.17, 15) is 0 Å². The molecule has 0 saturated carbocycles. The molecule has 1 saturated heterocycles. The fourth-order valence-electron chi connectivity index (χ4n) is 5.18. The van der Waals surface area contributed by atoms with E-state index in [2.05, 4.69) is 100.0 Å². The maximum Gasteiger partial charge on any atom is 0.226 e. The van der Waals surface area contributed by atoms with Crippen LogP contribution < -0.4 is 5.19 Å². The molecular formula is C17H32N2Si2. The molecule has 0 aromatic heterocycles. The summed E-state index contributed by atoms with van der Waals surface area (Å²) in [6, 6.07) is 11.2. The number of hydrogen-bond acceptors (Lipinski definition) is 2. The van der Waals surface area contributed by atoms with Crippen molar-refractivity contribution in [3.63, 3.8) is 0 Å². The number of rotatable bonds is 1. The van der Waals surface area contributed by atoms with Gasteiger partial charge in [-0.2, -0.15) is 0 Å². The highest BCUT2D eigenvalue weighted by atomic mass is 28.5. The molecule has 1 aromatic rings. The Morgan fingerprint density at radius 3 is 1.43 bits per heavy atom. The first-order valence-corrected chi connectivity index (χ1v) is 13.3. The Balaban J connectivity index is 2.63. The highest BCUT2D eigenvalue weighted by Crippen LogP contribution is 2.47. The van der Waals surface area contributed by atoms with E-state index in [0.29, 0.717) is 0 Å². The van der Waals surface area contributed by atoms with Crippen molar-refractivity contribution in [1.82, 2.24) is 8.46 Å². The lowest BCUT2D eigenvalue weighted by Crippen LogP contribution is -2.99. The Hall–Kier alpha value is -0.426. The highest BCUT2D eigenvalue weighted by molar-refractivity contribution is 7.10. The lowest BCUT2D eigenvalue weighted by atomic mass is 10.1. The van der Waals surface area contributed by atoms with Gasteiger partial charge in [-0.1, -0.05) is 30.3 Å². The fourth-order valence-corrected chi connectivity index (χ4v) is 22.7. The summed E-state index contributed by atoms with van der Waals surface area (Å²) in [6.45, 7) is 21.9. The van der Waals surface area contributed by atoms with Crippen LogP contribution in [0.3, 0.4) is 0 Å². The van der Waals surface area contributed by atoms with Gasteiger partial charge in [0, 0.05) is 11.1 Å². The smallest absolute Gasteiger partial charge is 0.226 e. The first-order valence-electron chi connectivity index (χ1n) is 8.00. The number of nitrogens with zero attached hydrogens (tertiary/aromatic N) is 2. The molecule has 0 N–H and O–H groups in total. The van der Waals surface area contributed by atoms with Gasteiger partial charge in [0.15, 0.2) is 8.40 Å². The quantitative estimate of drug-likeness (QED) is 0.725. The molecule has 2 rings (SSSR count). The molecule has 0 unspecified atom stereocenters. The SMILES string of the molecule is CC(C)(C)N1[Si](C)(C)N(C(C)(C)C)[Si]1(C)c1ccccc1. The molecule has 0 atom stereocenters. The van der Waals surface area contributed by atoms with Gasteiger partial charge < -0.3 is 8.46 Å². The summed E-state index contributed by atoms with van der Waals surface area (Å²) < 4.78 is 5.85. The Morgan fingerprint density at radius 1 is 0.714 bits per heavy atom. The third-order valence-corrected chi connectivity index (χ3v) is 18.6. The first-order chi connectivity index (χ1) is 9.34. The maximum atomic E-state index is 2.92. The average Bonchev–Trinajstić information content (AvgIpc) is 2.23. The summed E-state index contributed by atoms with van der Waals surface area (Å²) in [6.07, 6.45) is 0. The van der Waals surface area contributed by atoms with Gasteiger partial charge in [-0.3, -0.25) is 0 Å². The van der Waals surface area contributed by atoms with Gasteiger partial charge in [0.2, 0.25) is 8.40 Å². The van der Waals surface area contributed by atoms with E-state index in [4.69, 9.17) is 0 Å². The van der Waals surface area contributed by atoms with Gasteiger partial charge in [0.05, 0.1) is 0 Å². The molecule has 1 aliphatic heterocycles. The van der Waals surface area contributed by atoms with Crippen molar-refractivity contribution in [3.05, 3.63) is 30.3 Å². The summed E-state index contributed by atoms with van der Waals surface area (Å²) in [7, 11) is -3.38. The first kappa shape index (κ1) is 16.9. The van der Waals surface area contributed by atoms with Crippen molar-refractivity contribution in [2.75, 3.05) is 0 Å². The average molecular weight is 321 g/mol. The number of hydrogen-bond donors (Lipinski definition) is 0. The van der Waals surface area contributed by atoms with E-state index < -0.39 is 16.8 Å². The van der Waals surface area contributed by atoms with Crippen LogP contribution in [0.25, 0.3) is 0 Å². The van der Waals surface area contributed by atoms with Crippen LogP contribution in [0.15, 0.2) is 30.3 Å². The van der Waals surface area contributed by atoms with Crippen molar-refractivity contribution in [3.8, 4) is 0 Å². The zero-order chi connectivity index (χ0) is 16.3. The third-order valence-electron chi connectivity index (χ3n) is 4.63. The molecule has 0 amide bonds. The van der Waals surface area contributed by atoms with E-state index in [1.807, 2.05) is 0 Å². The Kier molecular flexibility index (Phi) is 3.86. The Morgan fingerprint density at radius 2 is 1.10 bits per heavy atom. The molecule has 1 heterocycles. The lowest BCUT2D eigenvalue weighted by Gasteiger charge is -2.75. The monoisotopic (exact) mass is 320 g/mol. The predicted molar refractivity (Wildman–Crippen MR) is 98.4 cm³/mol. The summed E-state index contributed by atoms with van der Waals surface area (Å²) in [5.41, 5.74) is 0.461. The van der Waals surface area contributed by atoms with Crippen LogP contribution in [0, 0.1) is 0 Å². The molecule has 1 aromatic carbocycles. The zero-order valence-electron chi connectivity index (χ0n) is 15.3. The van der Waals surface area contributed by atoms with Crippen LogP contribution in [0.2, 0.25) is 19.6 Å². The minimum absolute atomic E-state index is 0.230. The lowest BCUT2D eigenvalue weighted by molar-refractivity contribution is 0.199. The second-order valence-electron chi connectivity index (χ2n) is 8.89. The minimum atomic E-state index is -1.81. The highest BCUT2D eigenvalue weighted by Gasteiger charge is 2.69. The van der Waals surface area contributed by atoms with Gasteiger partial charge in [-0.15, -0.1) is 0 Å². The second-order valence-corrected chi connectivity index (χ2v) is 17.2. The topological polar surface area (TPSA) is 6.48 Å². The third kappa shape index (κ3) is 2.46. The van der Waals surface area contributed by atoms with Crippen molar-refractivity contribution in [1.29, 1.82) is 0 Å². The van der Waals surface area contributed by atoms with Crippen LogP contribution in [-0.4, -0.2) is 36.3 Å². The molecule has 0 bridgehead atoms. The van der Waals surface area contributed by atoms with Gasteiger partial charge in [0.25, 0.3) is 0 Å². The zero-order valence-corrected chi connectivity index (χ0v) is 17.3. The molecule has 0 radical (unpaired) electrons. The van der Waals surface area contributed by atoms with E-state index in [-0.39, 0.29) is 11.1 Å². The standard InChI is InChI=1S/C17H32N2Si2/c1-16(2,3)18-20(7,8)19(17(4,5)6)21(18,9)15-13-11-10-12-14-15/h10-14H,1-9H3. The largest absolute Gasteiger partial charge is 0.314 e. The van der Waals surface area contributed by atoms with Crippen LogP contribution in [0.4, 0.5) is 0 Å². The van der Waals surface area contributed by atoms with Crippen molar-refractivity contribution >= 4 is 22.0 Å². The maximum absolute atomic E-state index is 2.92. The normalized spacial score (nSPS) is 22.9. The van der Waals surface area contributed by atoms with Gasteiger partial charge in [0.1, 0.15) is 0 Å². The molecule has 0 spiro atoms.